The molecule has 71 heavy (non-hydrogen) atoms. The van der Waals surface area contributed by atoms with Crippen molar-refractivity contribution >= 4 is 33.4 Å². The van der Waals surface area contributed by atoms with E-state index in [9.17, 15) is 58.8 Å². The molecule has 3 rings (SSSR count). The van der Waals surface area contributed by atoms with E-state index in [4.69, 9.17) is 29.0 Å². The number of allylic oxidation sites excluding steroid dienone is 7. The Kier molecular flexibility index (Phi) is 28.8. The second kappa shape index (κ2) is 33.2. The predicted octanol–water partition coefficient (Wildman–Crippen LogP) is 5.93. The quantitative estimate of drug-likeness (QED) is 0.0306. The molecule has 1 fully saturated rings. The summed E-state index contributed by atoms with van der Waals surface area (Å²) in [7, 11) is -11.3. The van der Waals surface area contributed by atoms with Crippen LogP contribution >= 0.6 is 15.6 Å². The van der Waals surface area contributed by atoms with Gasteiger partial charge in [0, 0.05) is 30.9 Å². The number of aliphatic hydroxyl groups is 5. The fourth-order valence-corrected chi connectivity index (χ4v) is 9.87. The van der Waals surface area contributed by atoms with Crippen LogP contribution in [0, 0.1) is 11.8 Å². The third kappa shape index (κ3) is 24.3. The number of nitrogens with zero attached hydrogens (tertiary/aromatic N) is 2. The molecule has 402 valence electrons. The summed E-state index contributed by atoms with van der Waals surface area (Å²) in [4.78, 5) is 64.1. The second-order valence-corrected chi connectivity index (χ2v) is 20.6. The molecule has 0 saturated carbocycles. The van der Waals surface area contributed by atoms with Crippen LogP contribution in [-0.4, -0.2) is 119 Å². The zero-order chi connectivity index (χ0) is 52.2. The Morgan fingerprint density at radius 1 is 0.873 bits per heavy atom. The molecule has 2 aliphatic heterocycles. The number of nitrogens with two attached hydrogens (primary N) is 1. The van der Waals surface area contributed by atoms with Crippen molar-refractivity contribution in [1.29, 1.82) is 0 Å². The van der Waals surface area contributed by atoms with Crippen LogP contribution in [0.5, 0.6) is 0 Å². The molecule has 12 atom stereocenters. The molecule has 2 bridgehead atoms. The van der Waals surface area contributed by atoms with Crippen LogP contribution in [0.1, 0.15) is 129 Å². The summed E-state index contributed by atoms with van der Waals surface area (Å²) in [6.07, 6.45) is 15.1. The first kappa shape index (κ1) is 61.6. The zero-order valence-electron chi connectivity index (χ0n) is 40.8. The van der Waals surface area contributed by atoms with Gasteiger partial charge in [0.25, 0.3) is 0 Å². The predicted molar refractivity (Wildman–Crippen MR) is 263 cm³/mol. The van der Waals surface area contributed by atoms with Crippen LogP contribution in [0.4, 0.5) is 5.82 Å². The molecule has 2 unspecified atom stereocenters. The van der Waals surface area contributed by atoms with E-state index in [1.165, 1.54) is 30.4 Å². The van der Waals surface area contributed by atoms with Crippen LogP contribution in [0.2, 0.25) is 0 Å². The number of carbonyl (C=O) groups excluding carboxylic acids is 2. The molecule has 23 heteroatoms. The highest BCUT2D eigenvalue weighted by Gasteiger charge is 2.45. The van der Waals surface area contributed by atoms with Gasteiger partial charge in [-0.3, -0.25) is 23.2 Å². The fraction of sp³-hybridized carbons (Fsp3) is 0.667. The molecule has 1 aromatic rings. The first-order valence-corrected chi connectivity index (χ1v) is 27.5. The number of phosphoric acid groups is 2. The van der Waals surface area contributed by atoms with E-state index in [1.54, 1.807) is 0 Å². The standard InChI is InChI=1S/C48H77N3O18P2/c1-3-5-7-8-9-10-11-12-13-14-15-16-17-18-20-26-44(56)67-36-32-64-43(55)25-22-21-24-38-40(54)31-39(53)37(28-27-35(52)23-19-6-4-2)45(57)46(58)41(34-66-71(62,63)69-70(60,61)65-33-36)68-47(38)51-30-29-42(49)50-48(51)59/h5,7,9-10,12-13,21-22,27-30,35-41,45-47,52-54,57-58H,3-4,6,8,11,14-20,23-26,31-34H2,1-2H3,(H,60,61)(H,62,63)(H2,49,50,59)/b7-5-,10-9-,13-12-,22-21-,28-27+/t35-,36-,37+,38-,39-,40+,41-,45+,46-,47-/m1/s1. The van der Waals surface area contributed by atoms with Crippen molar-refractivity contribution in [2.45, 2.75) is 172 Å². The van der Waals surface area contributed by atoms with Crippen LogP contribution in [0.3, 0.4) is 0 Å². The van der Waals surface area contributed by atoms with Gasteiger partial charge in [-0.1, -0.05) is 113 Å². The van der Waals surface area contributed by atoms with E-state index >= 15 is 0 Å². The van der Waals surface area contributed by atoms with Crippen molar-refractivity contribution in [3.63, 3.8) is 0 Å². The van der Waals surface area contributed by atoms with Crippen molar-refractivity contribution in [1.82, 2.24) is 9.55 Å². The van der Waals surface area contributed by atoms with Crippen LogP contribution in [0.25, 0.3) is 0 Å². The Morgan fingerprint density at radius 2 is 1.55 bits per heavy atom. The van der Waals surface area contributed by atoms with Crippen molar-refractivity contribution in [3.05, 3.63) is 83.5 Å². The lowest BCUT2D eigenvalue weighted by atomic mass is 9.82. The maximum Gasteiger partial charge on any atom is 0.481 e. The maximum absolute atomic E-state index is 13.3. The zero-order valence-corrected chi connectivity index (χ0v) is 42.6. The summed E-state index contributed by atoms with van der Waals surface area (Å²) < 4.78 is 58.6. The minimum Gasteiger partial charge on any atom is -0.461 e. The number of carbonyl (C=O) groups is 2. The molecule has 2 aliphatic rings. The number of hydrogen-bond acceptors (Lipinski definition) is 18. The highest BCUT2D eigenvalue weighted by Crippen LogP contribution is 2.60. The number of fused-ring (bicyclic) bond motifs is 3. The lowest BCUT2D eigenvalue weighted by Gasteiger charge is -2.40. The third-order valence-electron chi connectivity index (χ3n) is 11.7. The van der Waals surface area contributed by atoms with Gasteiger partial charge < -0.3 is 55.3 Å². The number of nitrogen functional groups attached to an aromatic ring is 1. The van der Waals surface area contributed by atoms with Crippen LogP contribution in [-0.2, 0) is 46.3 Å². The topological polar surface area (TPSA) is 326 Å². The molecular formula is C48H77N3O18P2. The van der Waals surface area contributed by atoms with Gasteiger partial charge in [-0.05, 0) is 57.4 Å². The van der Waals surface area contributed by atoms with Crippen molar-refractivity contribution < 1.29 is 81.6 Å². The largest absolute Gasteiger partial charge is 0.481 e. The van der Waals surface area contributed by atoms with Crippen molar-refractivity contribution in [3.8, 4) is 0 Å². The normalized spacial score (nSPS) is 31.1. The number of esters is 2. The highest BCUT2D eigenvalue weighted by atomic mass is 31.3. The summed E-state index contributed by atoms with van der Waals surface area (Å²) in [5.74, 6) is -4.47. The Morgan fingerprint density at radius 3 is 2.25 bits per heavy atom. The first-order valence-electron chi connectivity index (χ1n) is 24.6. The highest BCUT2D eigenvalue weighted by molar-refractivity contribution is 7.61. The average molecular weight is 1050 g/mol. The molecular weight excluding hydrogens is 968 g/mol. The average Bonchev–Trinajstić information content (AvgIpc) is 3.30. The summed E-state index contributed by atoms with van der Waals surface area (Å²) >= 11 is 0. The van der Waals surface area contributed by atoms with Gasteiger partial charge in [0.2, 0.25) is 0 Å². The van der Waals surface area contributed by atoms with Gasteiger partial charge in [-0.2, -0.15) is 9.29 Å². The van der Waals surface area contributed by atoms with E-state index in [-0.39, 0.29) is 18.7 Å². The third-order valence-corrected chi connectivity index (χ3v) is 14.3. The van der Waals surface area contributed by atoms with Crippen molar-refractivity contribution in [2.75, 3.05) is 25.6 Å². The monoisotopic (exact) mass is 1050 g/mol. The van der Waals surface area contributed by atoms with Crippen LogP contribution < -0.4 is 11.4 Å². The van der Waals surface area contributed by atoms with Crippen molar-refractivity contribution in [2.24, 2.45) is 11.8 Å². The number of rotatable bonds is 21. The lowest BCUT2D eigenvalue weighted by molar-refractivity contribution is -0.194. The molecule has 0 aromatic carbocycles. The molecule has 3 heterocycles. The number of cyclic esters (lactones) is 1. The number of phosphoric ester groups is 2. The Labute approximate surface area is 416 Å². The lowest BCUT2D eigenvalue weighted by Crippen LogP contribution is -2.52. The van der Waals surface area contributed by atoms with Gasteiger partial charge in [-0.15, -0.1) is 0 Å². The smallest absolute Gasteiger partial charge is 0.461 e. The Hall–Kier alpha value is -3.66. The molecule has 1 aromatic heterocycles. The van der Waals surface area contributed by atoms with E-state index in [2.05, 4.69) is 52.7 Å². The number of ether oxygens (including phenoxy) is 3. The minimum absolute atomic E-state index is 0.0365. The maximum atomic E-state index is 13.3. The van der Waals surface area contributed by atoms with E-state index in [0.29, 0.717) is 19.3 Å². The fourth-order valence-electron chi connectivity index (χ4n) is 7.76. The van der Waals surface area contributed by atoms with Gasteiger partial charge >= 0.3 is 33.3 Å². The summed E-state index contributed by atoms with van der Waals surface area (Å²) in [6.45, 7) is 1.26. The van der Waals surface area contributed by atoms with E-state index in [1.807, 2.05) is 6.92 Å². The number of unbranched alkanes of at least 4 members (excludes halogenated alkanes) is 7. The van der Waals surface area contributed by atoms with E-state index < -0.39 is 127 Å². The Balaban J connectivity index is 1.82. The molecule has 9 N–H and O–H groups in total. The molecule has 0 amide bonds. The van der Waals surface area contributed by atoms with Gasteiger partial charge in [0.05, 0.1) is 44.1 Å². The number of anilines is 1. The summed E-state index contributed by atoms with van der Waals surface area (Å²) in [5.41, 5.74) is 4.72. The van der Waals surface area contributed by atoms with Crippen LogP contribution in [0.15, 0.2) is 77.8 Å². The summed E-state index contributed by atoms with van der Waals surface area (Å²) in [5, 5.41) is 57.3. The molecule has 1 saturated heterocycles. The molecule has 0 aliphatic carbocycles. The SMILES string of the molecule is CC/C=C\C/C=C\C/C=C\CCCCCCCC(=O)O[C@@H]1COC(=O)C/C=C\C[C@H]2[C@H](n3ccc(N)nc3=O)O[C@H](COP(=O)(O)OP(=O)(O)OC1)[C@@H](O)[C@@H](O)[C@@H](/C=C/[C@H](O)CCCCC)[C@H](O)C[C@@H]2O. The Bertz CT molecular complexity index is 2050. The van der Waals surface area contributed by atoms with Gasteiger partial charge in [0.1, 0.15) is 30.9 Å². The molecule has 21 nitrogen and oxygen atoms in total. The van der Waals surface area contributed by atoms with Gasteiger partial charge in [-0.25, -0.2) is 13.9 Å². The molecule has 0 radical (unpaired) electrons. The minimum atomic E-state index is -5.70. The number of hydrogen-bond donors (Lipinski definition) is 8. The first-order chi connectivity index (χ1) is 33.9. The van der Waals surface area contributed by atoms with E-state index in [0.717, 1.165) is 75.0 Å². The molecule has 0 spiro atoms. The number of aromatic nitrogens is 2. The number of aliphatic hydroxyl groups excluding tert-OH is 5. The second-order valence-electron chi connectivity index (χ2n) is 17.6. The summed E-state index contributed by atoms with van der Waals surface area (Å²) in [6, 6.07) is 1.22. The van der Waals surface area contributed by atoms with Gasteiger partial charge in [0.15, 0.2) is 6.10 Å².